The quantitative estimate of drug-likeness (QED) is 0.242. The SMILES string of the molecule is C[C@H](NC(=O)OC(C)(C)C)c1ccc(-c2c(-c3ccccc3)nc3n2-c2cccnc2Nc2ccccc2-3)cc1. The van der Waals surface area contributed by atoms with Gasteiger partial charge in [0.2, 0.25) is 0 Å². The first-order valence-electron chi connectivity index (χ1n) is 13.4. The normalized spacial score (nSPS) is 12.7. The molecular formula is C33H31N5O2. The first kappa shape index (κ1) is 25.4. The monoisotopic (exact) mass is 529 g/mol. The molecule has 2 aromatic heterocycles. The van der Waals surface area contributed by atoms with Crippen molar-refractivity contribution in [1.82, 2.24) is 19.9 Å². The number of carbonyl (C=O) groups is 1. The van der Waals surface area contributed by atoms with Gasteiger partial charge in [0, 0.05) is 22.9 Å². The summed E-state index contributed by atoms with van der Waals surface area (Å²) in [6.07, 6.45) is 1.36. The van der Waals surface area contributed by atoms with Crippen molar-refractivity contribution in [3.8, 4) is 39.6 Å². The molecule has 0 fully saturated rings. The molecule has 1 atom stereocenters. The molecule has 0 spiro atoms. The standard InChI is InChI=1S/C33H31N5O2/c1-21(35-32(39)40-33(2,3)4)22-16-18-24(19-17-22)29-28(23-11-6-5-7-12-23)37-31-25-13-8-9-14-26(25)36-30-27(38(29)31)15-10-20-34-30/h5-21H,1-4H3,(H,34,36)(H,35,39)/t21-/m0/s1. The molecule has 6 rings (SSSR count). The fourth-order valence-corrected chi connectivity index (χ4v) is 4.98. The molecule has 0 aliphatic carbocycles. The second-order valence-electron chi connectivity index (χ2n) is 10.9. The van der Waals surface area contributed by atoms with Crippen LogP contribution in [0.2, 0.25) is 0 Å². The van der Waals surface area contributed by atoms with Crippen molar-refractivity contribution in [2.24, 2.45) is 0 Å². The van der Waals surface area contributed by atoms with Gasteiger partial charge in [0.25, 0.3) is 0 Å². The van der Waals surface area contributed by atoms with Gasteiger partial charge in [-0.15, -0.1) is 0 Å². The van der Waals surface area contributed by atoms with Crippen LogP contribution in [0.15, 0.2) is 97.2 Å². The number of hydrogen-bond acceptors (Lipinski definition) is 5. The Kier molecular flexibility index (Phi) is 6.34. The molecule has 1 aliphatic rings. The molecule has 200 valence electrons. The number of nitrogens with one attached hydrogen (secondary N) is 2. The van der Waals surface area contributed by atoms with Gasteiger partial charge in [-0.2, -0.15) is 0 Å². The molecule has 3 aromatic carbocycles. The average Bonchev–Trinajstić information content (AvgIpc) is 3.27. The lowest BCUT2D eigenvalue weighted by Gasteiger charge is -2.22. The van der Waals surface area contributed by atoms with E-state index < -0.39 is 11.7 Å². The molecular weight excluding hydrogens is 498 g/mol. The smallest absolute Gasteiger partial charge is 0.408 e. The number of aromatic nitrogens is 3. The third kappa shape index (κ3) is 4.82. The van der Waals surface area contributed by atoms with E-state index in [0.717, 1.165) is 56.7 Å². The van der Waals surface area contributed by atoms with Gasteiger partial charge in [0.15, 0.2) is 5.82 Å². The fraction of sp³-hybridized carbons (Fsp3) is 0.182. The predicted octanol–water partition coefficient (Wildman–Crippen LogP) is 7.91. The predicted molar refractivity (Wildman–Crippen MR) is 159 cm³/mol. The number of fused-ring (bicyclic) bond motifs is 5. The first-order valence-corrected chi connectivity index (χ1v) is 13.4. The van der Waals surface area contributed by atoms with Crippen molar-refractivity contribution < 1.29 is 9.53 Å². The molecule has 0 unspecified atom stereocenters. The third-order valence-corrected chi connectivity index (χ3v) is 6.79. The van der Waals surface area contributed by atoms with Crippen LogP contribution in [-0.2, 0) is 4.74 Å². The summed E-state index contributed by atoms with van der Waals surface area (Å²) in [5.74, 6) is 1.60. The van der Waals surface area contributed by atoms with E-state index in [1.165, 1.54) is 0 Å². The van der Waals surface area contributed by atoms with Gasteiger partial charge in [-0.05, 0) is 57.5 Å². The van der Waals surface area contributed by atoms with Crippen LogP contribution >= 0.6 is 0 Å². The largest absolute Gasteiger partial charge is 0.444 e. The molecule has 0 bridgehead atoms. The number of para-hydroxylation sites is 1. The van der Waals surface area contributed by atoms with Crippen LogP contribution in [0.25, 0.3) is 39.6 Å². The molecule has 1 amide bonds. The van der Waals surface area contributed by atoms with Gasteiger partial charge in [-0.3, -0.25) is 4.57 Å². The van der Waals surface area contributed by atoms with Crippen LogP contribution < -0.4 is 10.6 Å². The van der Waals surface area contributed by atoms with E-state index in [2.05, 4.69) is 56.6 Å². The minimum atomic E-state index is -0.556. The first-order chi connectivity index (χ1) is 19.3. The Morgan fingerprint density at radius 3 is 2.38 bits per heavy atom. The van der Waals surface area contributed by atoms with E-state index in [9.17, 15) is 4.79 Å². The van der Waals surface area contributed by atoms with Crippen LogP contribution in [0.1, 0.15) is 39.3 Å². The second kappa shape index (κ2) is 10.0. The van der Waals surface area contributed by atoms with Gasteiger partial charge in [-0.25, -0.2) is 14.8 Å². The molecule has 2 N–H and O–H groups in total. The van der Waals surface area contributed by atoms with Crippen LogP contribution in [0.5, 0.6) is 0 Å². The molecule has 0 saturated heterocycles. The molecule has 1 aliphatic heterocycles. The Morgan fingerprint density at radius 2 is 1.62 bits per heavy atom. The molecule has 7 heteroatoms. The second-order valence-corrected chi connectivity index (χ2v) is 10.9. The maximum atomic E-state index is 12.4. The number of ether oxygens (including phenoxy) is 1. The van der Waals surface area contributed by atoms with E-state index in [4.69, 9.17) is 9.72 Å². The highest BCUT2D eigenvalue weighted by Gasteiger charge is 2.28. The van der Waals surface area contributed by atoms with E-state index in [1.54, 1.807) is 6.20 Å². The number of imidazole rings is 1. The number of amides is 1. The Balaban J connectivity index is 1.50. The van der Waals surface area contributed by atoms with Gasteiger partial charge < -0.3 is 15.4 Å². The summed E-state index contributed by atoms with van der Waals surface area (Å²) in [6, 6.07) is 30.4. The van der Waals surface area contributed by atoms with E-state index >= 15 is 0 Å². The maximum Gasteiger partial charge on any atom is 0.408 e. The number of anilines is 2. The van der Waals surface area contributed by atoms with Gasteiger partial charge in [-0.1, -0.05) is 66.7 Å². The van der Waals surface area contributed by atoms with Crippen LogP contribution in [-0.4, -0.2) is 26.2 Å². The van der Waals surface area contributed by atoms with E-state index in [0.29, 0.717) is 0 Å². The number of nitrogens with zero attached hydrogens (tertiary/aromatic N) is 3. The number of carbonyl (C=O) groups excluding carboxylic acids is 1. The summed E-state index contributed by atoms with van der Waals surface area (Å²) >= 11 is 0. The molecule has 0 radical (unpaired) electrons. The van der Waals surface area contributed by atoms with E-state index in [-0.39, 0.29) is 6.04 Å². The van der Waals surface area contributed by atoms with Gasteiger partial charge in [0.1, 0.15) is 11.4 Å². The van der Waals surface area contributed by atoms with E-state index in [1.807, 2.05) is 82.3 Å². The van der Waals surface area contributed by atoms with Crippen LogP contribution in [0.3, 0.4) is 0 Å². The van der Waals surface area contributed by atoms with Crippen LogP contribution in [0, 0.1) is 0 Å². The topological polar surface area (TPSA) is 81.1 Å². The zero-order chi connectivity index (χ0) is 27.9. The number of pyridine rings is 1. The average molecular weight is 530 g/mol. The highest BCUT2D eigenvalue weighted by atomic mass is 16.6. The summed E-state index contributed by atoms with van der Waals surface area (Å²) in [7, 11) is 0. The van der Waals surface area contributed by atoms with Crippen LogP contribution in [0.4, 0.5) is 16.3 Å². The Labute approximate surface area is 233 Å². The lowest BCUT2D eigenvalue weighted by atomic mass is 10.0. The van der Waals surface area contributed by atoms with Crippen molar-refractivity contribution in [3.63, 3.8) is 0 Å². The van der Waals surface area contributed by atoms with Crippen molar-refractivity contribution in [1.29, 1.82) is 0 Å². The lowest BCUT2D eigenvalue weighted by molar-refractivity contribution is 0.0508. The molecule has 0 saturated carbocycles. The highest BCUT2D eigenvalue weighted by Crippen LogP contribution is 2.44. The molecule has 40 heavy (non-hydrogen) atoms. The van der Waals surface area contributed by atoms with Gasteiger partial charge in [0.05, 0.1) is 28.8 Å². The fourth-order valence-electron chi connectivity index (χ4n) is 4.98. The zero-order valence-corrected chi connectivity index (χ0v) is 23.0. The number of alkyl carbamates (subject to hydrolysis) is 1. The number of hydrogen-bond donors (Lipinski definition) is 2. The Hall–Kier alpha value is -4.91. The summed E-state index contributed by atoms with van der Waals surface area (Å²) in [6.45, 7) is 7.51. The summed E-state index contributed by atoms with van der Waals surface area (Å²) in [4.78, 5) is 22.3. The Morgan fingerprint density at radius 1 is 0.900 bits per heavy atom. The highest BCUT2D eigenvalue weighted by molar-refractivity contribution is 5.90. The summed E-state index contributed by atoms with van der Waals surface area (Å²) < 4.78 is 7.64. The Bertz CT molecular complexity index is 1680. The number of rotatable bonds is 4. The molecule has 3 heterocycles. The van der Waals surface area contributed by atoms with Crippen molar-refractivity contribution in [2.45, 2.75) is 39.3 Å². The molecule has 7 nitrogen and oxygen atoms in total. The van der Waals surface area contributed by atoms with Crippen molar-refractivity contribution >= 4 is 17.6 Å². The lowest BCUT2D eigenvalue weighted by Crippen LogP contribution is -2.34. The van der Waals surface area contributed by atoms with Crippen molar-refractivity contribution in [3.05, 3.63) is 103 Å². The minimum absolute atomic E-state index is 0.221. The third-order valence-electron chi connectivity index (χ3n) is 6.79. The summed E-state index contributed by atoms with van der Waals surface area (Å²) in [5.41, 5.74) is 7.16. The molecule has 5 aromatic rings. The van der Waals surface area contributed by atoms with Gasteiger partial charge >= 0.3 is 6.09 Å². The van der Waals surface area contributed by atoms with Crippen molar-refractivity contribution in [2.75, 3.05) is 5.32 Å². The zero-order valence-electron chi connectivity index (χ0n) is 23.0. The number of benzene rings is 3. The summed E-state index contributed by atoms with van der Waals surface area (Å²) in [5, 5.41) is 6.44. The maximum absolute atomic E-state index is 12.4. The minimum Gasteiger partial charge on any atom is -0.444 e.